The summed E-state index contributed by atoms with van der Waals surface area (Å²) < 4.78 is 0. The van der Waals surface area contributed by atoms with Gasteiger partial charge in [0, 0.05) is 13.1 Å². The largest absolute Gasteiger partial charge is 0.300 e. The van der Waals surface area contributed by atoms with Crippen LogP contribution >= 0.6 is 11.8 Å². The lowest BCUT2D eigenvalue weighted by Crippen LogP contribution is -2.27. The van der Waals surface area contributed by atoms with Gasteiger partial charge in [0.2, 0.25) is 0 Å². The zero-order valence-electron chi connectivity index (χ0n) is 8.08. The predicted molar refractivity (Wildman–Crippen MR) is 56.1 cm³/mol. The number of aromatic nitrogens is 1. The van der Waals surface area contributed by atoms with Crippen molar-refractivity contribution in [3.05, 3.63) is 23.4 Å². The molecule has 0 aliphatic carbocycles. The minimum absolute atomic E-state index is 1.00. The summed E-state index contributed by atoms with van der Waals surface area (Å²) in [6.07, 6.45) is 3.22. The second-order valence-electron chi connectivity index (χ2n) is 3.45. The van der Waals surface area contributed by atoms with Gasteiger partial charge in [0.15, 0.2) is 0 Å². The topological polar surface area (TPSA) is 16.1 Å². The summed E-state index contributed by atoms with van der Waals surface area (Å²) in [6, 6.07) is 4.34. The average molecular weight is 194 g/mol. The number of nitrogens with zero attached hydrogens (tertiary/aromatic N) is 2. The maximum Gasteiger partial charge on any atom is 0.0961 e. The Balaban J connectivity index is 2.32. The molecule has 1 aromatic heterocycles. The SMILES string of the molecule is CSc1ccc2c(n1)CN(C)CC2. The van der Waals surface area contributed by atoms with Crippen LogP contribution in [0.2, 0.25) is 0 Å². The van der Waals surface area contributed by atoms with Gasteiger partial charge in [0.25, 0.3) is 0 Å². The number of fused-ring (bicyclic) bond motifs is 1. The molecule has 0 N–H and O–H groups in total. The fraction of sp³-hybridized carbons (Fsp3) is 0.500. The van der Waals surface area contributed by atoms with Gasteiger partial charge in [-0.2, -0.15) is 0 Å². The lowest BCUT2D eigenvalue weighted by atomic mass is 10.1. The highest BCUT2D eigenvalue weighted by Crippen LogP contribution is 2.19. The van der Waals surface area contributed by atoms with Crippen LogP contribution in [0.25, 0.3) is 0 Å². The van der Waals surface area contributed by atoms with Crippen molar-refractivity contribution in [2.45, 2.75) is 18.0 Å². The van der Waals surface area contributed by atoms with Crippen LogP contribution in [0.15, 0.2) is 17.2 Å². The molecule has 2 rings (SSSR count). The smallest absolute Gasteiger partial charge is 0.0961 e. The van der Waals surface area contributed by atoms with E-state index < -0.39 is 0 Å². The highest BCUT2D eigenvalue weighted by molar-refractivity contribution is 7.98. The van der Waals surface area contributed by atoms with E-state index in [1.54, 1.807) is 11.8 Å². The van der Waals surface area contributed by atoms with Crippen LogP contribution in [0.1, 0.15) is 11.3 Å². The Morgan fingerprint density at radius 2 is 2.31 bits per heavy atom. The zero-order valence-corrected chi connectivity index (χ0v) is 8.90. The maximum absolute atomic E-state index is 4.60. The van der Waals surface area contributed by atoms with E-state index >= 15 is 0 Å². The Morgan fingerprint density at radius 3 is 3.08 bits per heavy atom. The predicted octanol–water partition coefficient (Wildman–Crippen LogP) is 1.79. The van der Waals surface area contributed by atoms with E-state index in [1.165, 1.54) is 11.3 Å². The number of hydrogen-bond acceptors (Lipinski definition) is 3. The molecule has 2 heterocycles. The Hall–Kier alpha value is -0.540. The van der Waals surface area contributed by atoms with Crippen LogP contribution in [-0.2, 0) is 13.0 Å². The number of pyridine rings is 1. The van der Waals surface area contributed by atoms with Crippen LogP contribution in [0.4, 0.5) is 0 Å². The highest BCUT2D eigenvalue weighted by atomic mass is 32.2. The minimum Gasteiger partial charge on any atom is -0.300 e. The molecule has 0 fully saturated rings. The van der Waals surface area contributed by atoms with Crippen LogP contribution in [0, 0.1) is 0 Å². The van der Waals surface area contributed by atoms with Crippen molar-refractivity contribution >= 4 is 11.8 Å². The fourth-order valence-electron chi connectivity index (χ4n) is 1.63. The molecule has 1 aliphatic rings. The van der Waals surface area contributed by atoms with E-state index in [2.05, 4.69) is 35.3 Å². The van der Waals surface area contributed by atoms with Crippen molar-refractivity contribution < 1.29 is 0 Å². The molecule has 2 nitrogen and oxygen atoms in total. The second-order valence-corrected chi connectivity index (χ2v) is 4.27. The second kappa shape index (κ2) is 3.68. The van der Waals surface area contributed by atoms with Gasteiger partial charge in [0.1, 0.15) is 0 Å². The summed E-state index contributed by atoms with van der Waals surface area (Å²) in [5.41, 5.74) is 2.69. The van der Waals surface area contributed by atoms with Gasteiger partial charge in [-0.25, -0.2) is 4.98 Å². The third-order valence-electron chi connectivity index (χ3n) is 2.43. The van der Waals surface area contributed by atoms with E-state index in [4.69, 9.17) is 0 Å². The Morgan fingerprint density at radius 1 is 1.46 bits per heavy atom. The van der Waals surface area contributed by atoms with Crippen molar-refractivity contribution in [3.63, 3.8) is 0 Å². The van der Waals surface area contributed by atoms with Crippen LogP contribution < -0.4 is 0 Å². The Bertz CT molecular complexity index is 312. The molecule has 0 unspecified atom stereocenters. The highest BCUT2D eigenvalue weighted by Gasteiger charge is 2.14. The van der Waals surface area contributed by atoms with Gasteiger partial charge >= 0.3 is 0 Å². The maximum atomic E-state index is 4.60. The zero-order chi connectivity index (χ0) is 9.26. The molecule has 3 heteroatoms. The third-order valence-corrected chi connectivity index (χ3v) is 3.08. The molecule has 0 amide bonds. The average Bonchev–Trinajstić information content (AvgIpc) is 2.16. The molecule has 0 atom stereocenters. The molecular formula is C10H14N2S. The molecule has 0 spiro atoms. The third kappa shape index (κ3) is 1.86. The van der Waals surface area contributed by atoms with E-state index in [0.717, 1.165) is 24.5 Å². The Kier molecular flexibility index (Phi) is 2.56. The van der Waals surface area contributed by atoms with Gasteiger partial charge < -0.3 is 4.90 Å². The van der Waals surface area contributed by atoms with Crippen LogP contribution in [0.5, 0.6) is 0 Å². The van der Waals surface area contributed by atoms with E-state index in [9.17, 15) is 0 Å². The van der Waals surface area contributed by atoms with Gasteiger partial charge in [0.05, 0.1) is 10.7 Å². The van der Waals surface area contributed by atoms with Gasteiger partial charge in [-0.1, -0.05) is 6.07 Å². The summed E-state index contributed by atoms with van der Waals surface area (Å²) in [5, 5.41) is 1.13. The summed E-state index contributed by atoms with van der Waals surface area (Å²) in [7, 11) is 2.15. The van der Waals surface area contributed by atoms with E-state index in [1.807, 2.05) is 0 Å². The van der Waals surface area contributed by atoms with E-state index in [0.29, 0.717) is 0 Å². The van der Waals surface area contributed by atoms with Gasteiger partial charge in [-0.05, 0) is 31.4 Å². The Labute approximate surface area is 83.4 Å². The molecule has 0 aromatic carbocycles. The molecule has 1 aromatic rings. The molecule has 0 radical (unpaired) electrons. The quantitative estimate of drug-likeness (QED) is 0.634. The summed E-state index contributed by atoms with van der Waals surface area (Å²) in [6.45, 7) is 2.16. The van der Waals surface area contributed by atoms with Crippen molar-refractivity contribution in [2.75, 3.05) is 19.8 Å². The first kappa shape index (κ1) is 9.03. The van der Waals surface area contributed by atoms with Crippen molar-refractivity contribution in [1.82, 2.24) is 9.88 Å². The van der Waals surface area contributed by atoms with Crippen molar-refractivity contribution in [1.29, 1.82) is 0 Å². The lowest BCUT2D eigenvalue weighted by Gasteiger charge is -2.24. The number of likely N-dealkylation sites (N-methyl/N-ethyl adjacent to an activating group) is 1. The molecule has 1 aliphatic heterocycles. The number of hydrogen-bond donors (Lipinski definition) is 0. The van der Waals surface area contributed by atoms with Gasteiger partial charge in [-0.3, -0.25) is 0 Å². The molecule has 70 valence electrons. The first-order valence-corrected chi connectivity index (χ1v) is 5.73. The summed E-state index contributed by atoms with van der Waals surface area (Å²) >= 11 is 1.71. The van der Waals surface area contributed by atoms with E-state index in [-0.39, 0.29) is 0 Å². The molecule has 0 saturated carbocycles. The lowest BCUT2D eigenvalue weighted by molar-refractivity contribution is 0.306. The first-order chi connectivity index (χ1) is 6.29. The van der Waals surface area contributed by atoms with Crippen LogP contribution in [0.3, 0.4) is 0 Å². The molecule has 13 heavy (non-hydrogen) atoms. The standard InChI is InChI=1S/C10H14N2S/c1-12-6-5-8-3-4-10(13-2)11-9(8)7-12/h3-4H,5-7H2,1-2H3. The summed E-state index contributed by atoms with van der Waals surface area (Å²) in [5.74, 6) is 0. The molecular weight excluding hydrogens is 180 g/mol. The normalized spacial score (nSPS) is 17.1. The number of rotatable bonds is 1. The first-order valence-electron chi connectivity index (χ1n) is 4.51. The molecule has 0 saturated heterocycles. The van der Waals surface area contributed by atoms with Crippen LogP contribution in [-0.4, -0.2) is 29.7 Å². The van der Waals surface area contributed by atoms with Crippen molar-refractivity contribution in [3.8, 4) is 0 Å². The fourth-order valence-corrected chi connectivity index (χ4v) is 2.04. The molecule has 0 bridgehead atoms. The van der Waals surface area contributed by atoms with Crippen molar-refractivity contribution in [2.24, 2.45) is 0 Å². The number of thioether (sulfide) groups is 1. The summed E-state index contributed by atoms with van der Waals surface area (Å²) in [4.78, 5) is 6.92. The van der Waals surface area contributed by atoms with Gasteiger partial charge in [-0.15, -0.1) is 11.8 Å². The minimum atomic E-state index is 1.00. The monoisotopic (exact) mass is 194 g/mol.